The number of hydrogen-bond donors (Lipinski definition) is 1. The number of anilines is 2. The van der Waals surface area contributed by atoms with Crippen molar-refractivity contribution in [1.82, 2.24) is 19.9 Å². The van der Waals surface area contributed by atoms with E-state index in [-0.39, 0.29) is 0 Å². The van der Waals surface area contributed by atoms with Gasteiger partial charge in [-0.3, -0.25) is 0 Å². The normalized spacial score (nSPS) is 19.2. The van der Waals surface area contributed by atoms with Crippen LogP contribution in [0.1, 0.15) is 36.2 Å². The Hall–Kier alpha value is -3.11. The molecule has 7 nitrogen and oxygen atoms in total. The molecule has 2 aliphatic rings. The van der Waals surface area contributed by atoms with E-state index in [0.29, 0.717) is 11.6 Å². The zero-order chi connectivity index (χ0) is 19.8. The fourth-order valence-electron chi connectivity index (χ4n) is 4.53. The van der Waals surface area contributed by atoms with Crippen LogP contribution < -0.4 is 15.1 Å². The molecule has 148 valence electrons. The average Bonchev–Trinajstić information content (AvgIpc) is 3.28. The first-order chi connectivity index (χ1) is 14.3. The third kappa shape index (κ3) is 3.10. The molecule has 0 saturated carbocycles. The fourth-order valence-corrected chi connectivity index (χ4v) is 4.53. The van der Waals surface area contributed by atoms with Crippen molar-refractivity contribution in [2.75, 3.05) is 42.5 Å². The summed E-state index contributed by atoms with van der Waals surface area (Å²) in [4.78, 5) is 9.89. The van der Waals surface area contributed by atoms with Gasteiger partial charge in [0, 0.05) is 45.2 Å². The summed E-state index contributed by atoms with van der Waals surface area (Å²) in [5.74, 6) is 1.49. The summed E-state index contributed by atoms with van der Waals surface area (Å²) in [6.07, 6.45) is 2.81. The van der Waals surface area contributed by atoms with Crippen molar-refractivity contribution >= 4 is 17.0 Å². The van der Waals surface area contributed by atoms with Crippen molar-refractivity contribution in [1.29, 1.82) is 5.26 Å². The number of pyridine rings is 2. The summed E-state index contributed by atoms with van der Waals surface area (Å²) in [6, 6.07) is 12.5. The van der Waals surface area contributed by atoms with E-state index in [1.807, 2.05) is 12.1 Å². The molecule has 3 aromatic rings. The maximum atomic E-state index is 9.36. The van der Waals surface area contributed by atoms with Crippen LogP contribution in [0.5, 0.6) is 0 Å². The summed E-state index contributed by atoms with van der Waals surface area (Å²) < 4.78 is 1.73. The highest BCUT2D eigenvalue weighted by Gasteiger charge is 2.28. The average molecular weight is 387 g/mol. The largest absolute Gasteiger partial charge is 0.365 e. The van der Waals surface area contributed by atoms with Crippen LogP contribution in [0.3, 0.4) is 0 Å². The van der Waals surface area contributed by atoms with Gasteiger partial charge in [0.1, 0.15) is 17.6 Å². The van der Waals surface area contributed by atoms with E-state index in [9.17, 15) is 5.26 Å². The molecule has 1 atom stereocenters. The van der Waals surface area contributed by atoms with Crippen LogP contribution in [-0.2, 0) is 6.54 Å². The molecule has 2 aliphatic heterocycles. The van der Waals surface area contributed by atoms with Crippen molar-refractivity contribution in [3.05, 3.63) is 53.5 Å². The van der Waals surface area contributed by atoms with E-state index in [1.165, 1.54) is 11.3 Å². The SMILES string of the molecule is CC[C@@H]1CN(c2ccc(C#N)n3nccc23)Cc2ccc(N3CCNCC3)nc21. The Bertz CT molecular complexity index is 1070. The number of hydrogen-bond acceptors (Lipinski definition) is 6. The second-order valence-electron chi connectivity index (χ2n) is 7.78. The molecule has 0 radical (unpaired) electrons. The van der Waals surface area contributed by atoms with E-state index >= 15 is 0 Å². The lowest BCUT2D eigenvalue weighted by Gasteiger charge is -2.36. The Kier molecular flexibility index (Phi) is 4.57. The molecular formula is C22H25N7. The maximum Gasteiger partial charge on any atom is 0.142 e. The number of nitrogens with one attached hydrogen (secondary N) is 1. The zero-order valence-electron chi connectivity index (χ0n) is 16.7. The predicted octanol–water partition coefficient (Wildman–Crippen LogP) is 2.52. The van der Waals surface area contributed by atoms with Gasteiger partial charge in [0.15, 0.2) is 0 Å². The molecule has 0 bridgehead atoms. The smallest absolute Gasteiger partial charge is 0.142 e. The summed E-state index contributed by atoms with van der Waals surface area (Å²) >= 11 is 0. The topological polar surface area (TPSA) is 72.5 Å². The van der Waals surface area contributed by atoms with Crippen LogP contribution in [0.4, 0.5) is 11.5 Å². The summed E-state index contributed by atoms with van der Waals surface area (Å²) in [7, 11) is 0. The van der Waals surface area contributed by atoms with Crippen molar-refractivity contribution in [2.24, 2.45) is 0 Å². The number of nitrogens with zero attached hydrogens (tertiary/aromatic N) is 6. The highest BCUT2D eigenvalue weighted by Crippen LogP contribution is 2.35. The van der Waals surface area contributed by atoms with Crippen molar-refractivity contribution in [2.45, 2.75) is 25.8 Å². The van der Waals surface area contributed by atoms with Crippen LogP contribution in [0.15, 0.2) is 36.5 Å². The van der Waals surface area contributed by atoms with Crippen molar-refractivity contribution in [3.8, 4) is 6.07 Å². The zero-order valence-corrected chi connectivity index (χ0v) is 16.7. The Balaban J connectivity index is 1.50. The predicted molar refractivity (Wildman–Crippen MR) is 113 cm³/mol. The molecular weight excluding hydrogens is 362 g/mol. The molecule has 1 N–H and O–H groups in total. The first kappa shape index (κ1) is 18.0. The maximum absolute atomic E-state index is 9.36. The van der Waals surface area contributed by atoms with Crippen LogP contribution in [-0.4, -0.2) is 47.3 Å². The molecule has 5 rings (SSSR count). The first-order valence-electron chi connectivity index (χ1n) is 10.4. The lowest BCUT2D eigenvalue weighted by Crippen LogP contribution is -2.44. The third-order valence-electron chi connectivity index (χ3n) is 6.11. The molecule has 29 heavy (non-hydrogen) atoms. The van der Waals surface area contributed by atoms with Gasteiger partial charge < -0.3 is 15.1 Å². The fraction of sp³-hybridized carbons (Fsp3) is 0.409. The highest BCUT2D eigenvalue weighted by atomic mass is 15.3. The van der Waals surface area contributed by atoms with Gasteiger partial charge >= 0.3 is 0 Å². The Morgan fingerprint density at radius 3 is 2.79 bits per heavy atom. The van der Waals surface area contributed by atoms with Gasteiger partial charge in [-0.1, -0.05) is 13.0 Å². The van der Waals surface area contributed by atoms with Gasteiger partial charge in [-0.2, -0.15) is 10.4 Å². The monoisotopic (exact) mass is 387 g/mol. The molecule has 1 fully saturated rings. The lowest BCUT2D eigenvalue weighted by atomic mass is 9.92. The van der Waals surface area contributed by atoms with Gasteiger partial charge in [0.05, 0.1) is 23.1 Å². The van der Waals surface area contributed by atoms with Gasteiger partial charge in [0.2, 0.25) is 0 Å². The Morgan fingerprint density at radius 2 is 2.00 bits per heavy atom. The molecule has 0 aromatic carbocycles. The van der Waals surface area contributed by atoms with Crippen LogP contribution >= 0.6 is 0 Å². The molecule has 7 heteroatoms. The number of piperazine rings is 1. The Labute approximate surface area is 170 Å². The molecule has 0 spiro atoms. The van der Waals surface area contributed by atoms with Crippen molar-refractivity contribution in [3.63, 3.8) is 0 Å². The summed E-state index contributed by atoms with van der Waals surface area (Å²) in [5, 5.41) is 17.1. The van der Waals surface area contributed by atoms with Crippen LogP contribution in [0.25, 0.3) is 5.52 Å². The summed E-state index contributed by atoms with van der Waals surface area (Å²) in [6.45, 7) is 8.05. The van der Waals surface area contributed by atoms with Gasteiger partial charge in [0.25, 0.3) is 0 Å². The summed E-state index contributed by atoms with van der Waals surface area (Å²) in [5.41, 5.74) is 5.20. The quantitative estimate of drug-likeness (QED) is 0.745. The molecule has 3 aromatic heterocycles. The van der Waals surface area contributed by atoms with Gasteiger partial charge in [-0.25, -0.2) is 9.50 Å². The number of aromatic nitrogens is 3. The molecule has 0 unspecified atom stereocenters. The molecule has 1 saturated heterocycles. The lowest BCUT2D eigenvalue weighted by molar-refractivity contribution is 0.559. The van der Waals surface area contributed by atoms with Crippen molar-refractivity contribution < 1.29 is 0 Å². The number of nitriles is 1. The van der Waals surface area contributed by atoms with Crippen LogP contribution in [0.2, 0.25) is 0 Å². The van der Waals surface area contributed by atoms with Crippen LogP contribution in [0, 0.1) is 11.3 Å². The minimum absolute atomic E-state index is 0.389. The minimum atomic E-state index is 0.389. The minimum Gasteiger partial charge on any atom is -0.365 e. The third-order valence-corrected chi connectivity index (χ3v) is 6.11. The molecule has 0 amide bonds. The van der Waals surface area contributed by atoms with E-state index in [0.717, 1.165) is 62.7 Å². The highest BCUT2D eigenvalue weighted by molar-refractivity contribution is 5.74. The molecule has 5 heterocycles. The van der Waals surface area contributed by atoms with E-state index in [2.05, 4.69) is 51.4 Å². The standard InChI is InChI=1S/C22H25N7/c1-2-16-14-28(19-5-4-18(13-23)29-20(19)7-8-25-29)15-17-3-6-21(26-22(16)17)27-11-9-24-10-12-27/h3-8,16,24H,2,9-12,14-15H2,1H3/t16-/m1/s1. The van der Waals surface area contributed by atoms with E-state index in [4.69, 9.17) is 4.98 Å². The Morgan fingerprint density at radius 1 is 1.14 bits per heavy atom. The van der Waals surface area contributed by atoms with Gasteiger partial charge in [-0.05, 0) is 36.2 Å². The second kappa shape index (κ2) is 7.37. The second-order valence-corrected chi connectivity index (χ2v) is 7.78. The van der Waals surface area contributed by atoms with E-state index < -0.39 is 0 Å². The molecule has 0 aliphatic carbocycles. The first-order valence-corrected chi connectivity index (χ1v) is 10.4. The van der Waals surface area contributed by atoms with Gasteiger partial charge in [-0.15, -0.1) is 0 Å². The van der Waals surface area contributed by atoms with E-state index in [1.54, 1.807) is 10.7 Å². The number of rotatable bonds is 3. The number of fused-ring (bicyclic) bond motifs is 2.